The largest absolute Gasteiger partial charge is 0.348 e. The lowest BCUT2D eigenvalue weighted by atomic mass is 10.0. The Morgan fingerprint density at radius 1 is 0.778 bits per heavy atom. The molecule has 0 unspecified atom stereocenters. The number of carbonyl (C=O) groups is 1. The Morgan fingerprint density at radius 2 is 1.30 bits per heavy atom. The molecule has 152 valence electrons. The van der Waals surface area contributed by atoms with Gasteiger partial charge < -0.3 is 5.32 Å². The Hall–Kier alpha value is -1.57. The number of carbonyl (C=O) groups excluding carboxylic acids is 1. The summed E-state index contributed by atoms with van der Waals surface area (Å²) in [6.45, 7) is 2.88. The van der Waals surface area contributed by atoms with Gasteiger partial charge in [-0.25, -0.2) is 0 Å². The van der Waals surface area contributed by atoms with E-state index in [1.165, 1.54) is 83.5 Å². The maximum Gasteiger partial charge on any atom is 0.243 e. The Bertz CT molecular complexity index is 480. The number of allylic oxidation sites excluding steroid dienone is 1. The van der Waals surface area contributed by atoms with Gasteiger partial charge in [-0.3, -0.25) is 4.79 Å². The molecule has 27 heavy (non-hydrogen) atoms. The van der Waals surface area contributed by atoms with Crippen LogP contribution in [0.15, 0.2) is 42.5 Å². The summed E-state index contributed by atoms with van der Waals surface area (Å²) in [5, 5.41) is 2.92. The smallest absolute Gasteiger partial charge is 0.243 e. The van der Waals surface area contributed by atoms with Crippen molar-refractivity contribution in [3.8, 4) is 0 Å². The molecule has 0 aliphatic rings. The van der Waals surface area contributed by atoms with E-state index in [2.05, 4.69) is 12.2 Å². The van der Waals surface area contributed by atoms with Crippen LogP contribution >= 0.6 is 0 Å². The molecule has 0 bridgehead atoms. The summed E-state index contributed by atoms with van der Waals surface area (Å²) in [7, 11) is 0. The van der Waals surface area contributed by atoms with Crippen molar-refractivity contribution < 1.29 is 4.79 Å². The van der Waals surface area contributed by atoms with E-state index in [4.69, 9.17) is 0 Å². The molecule has 0 saturated carbocycles. The number of hydrogen-bond donors (Lipinski definition) is 1. The van der Waals surface area contributed by atoms with E-state index in [0.717, 1.165) is 12.0 Å². The minimum atomic E-state index is 0.00791. The summed E-state index contributed by atoms with van der Waals surface area (Å²) >= 11 is 0. The molecular formula is C25H41NO. The summed E-state index contributed by atoms with van der Waals surface area (Å²) < 4.78 is 0. The standard InChI is InChI=1S/C25H41NO/c1-2-3-4-5-6-7-8-9-10-11-12-13-14-15-19-22-25(27)26-23-24-20-17-16-18-21-24/h16-22H,2-15,23H2,1H3,(H,26,27). The van der Waals surface area contributed by atoms with Gasteiger partial charge in [-0.2, -0.15) is 0 Å². The van der Waals surface area contributed by atoms with Crippen molar-refractivity contribution >= 4 is 5.91 Å². The molecule has 1 aromatic carbocycles. The first kappa shape index (κ1) is 23.5. The van der Waals surface area contributed by atoms with Gasteiger partial charge in [0.15, 0.2) is 0 Å². The maximum absolute atomic E-state index is 11.8. The Labute approximate surface area is 167 Å². The Kier molecular flexibility index (Phi) is 15.5. The summed E-state index contributed by atoms with van der Waals surface area (Å²) in [6.07, 6.45) is 22.6. The van der Waals surface area contributed by atoms with E-state index in [1.807, 2.05) is 36.4 Å². The van der Waals surface area contributed by atoms with Crippen LogP contribution in [0.25, 0.3) is 0 Å². The molecule has 0 heterocycles. The fourth-order valence-corrected chi connectivity index (χ4v) is 3.31. The van der Waals surface area contributed by atoms with Crippen LogP contribution in [-0.2, 0) is 11.3 Å². The maximum atomic E-state index is 11.8. The third-order valence-corrected chi connectivity index (χ3v) is 5.05. The molecular weight excluding hydrogens is 330 g/mol. The van der Waals surface area contributed by atoms with Gasteiger partial charge in [0.1, 0.15) is 0 Å². The molecule has 2 heteroatoms. The number of unbranched alkanes of at least 4 members (excludes halogenated alkanes) is 13. The molecule has 1 N–H and O–H groups in total. The van der Waals surface area contributed by atoms with Crippen LogP contribution in [0.1, 0.15) is 102 Å². The molecule has 0 fully saturated rings. The zero-order valence-electron chi connectivity index (χ0n) is 17.6. The SMILES string of the molecule is CCCCCCCCCCCCCCCC=CC(=O)NCc1ccccc1. The second-order valence-corrected chi connectivity index (χ2v) is 7.64. The van der Waals surface area contributed by atoms with E-state index in [-0.39, 0.29) is 5.91 Å². The quantitative estimate of drug-likeness (QED) is 0.225. The van der Waals surface area contributed by atoms with Crippen molar-refractivity contribution in [2.45, 2.75) is 103 Å². The normalized spacial score (nSPS) is 11.1. The van der Waals surface area contributed by atoms with Crippen molar-refractivity contribution in [2.75, 3.05) is 0 Å². The van der Waals surface area contributed by atoms with Crippen molar-refractivity contribution in [3.05, 3.63) is 48.0 Å². The van der Waals surface area contributed by atoms with Crippen molar-refractivity contribution in [1.82, 2.24) is 5.32 Å². The molecule has 0 radical (unpaired) electrons. The second-order valence-electron chi connectivity index (χ2n) is 7.64. The minimum absolute atomic E-state index is 0.00791. The highest BCUT2D eigenvalue weighted by molar-refractivity contribution is 5.87. The second kappa shape index (κ2) is 17.8. The monoisotopic (exact) mass is 371 g/mol. The van der Waals surface area contributed by atoms with Crippen molar-refractivity contribution in [3.63, 3.8) is 0 Å². The summed E-state index contributed by atoms with van der Waals surface area (Å²) in [4.78, 5) is 11.8. The van der Waals surface area contributed by atoms with Crippen LogP contribution in [-0.4, -0.2) is 5.91 Å². The number of amides is 1. The molecule has 0 spiro atoms. The van der Waals surface area contributed by atoms with Gasteiger partial charge in [0.25, 0.3) is 0 Å². The first-order chi connectivity index (χ1) is 13.3. The third-order valence-electron chi connectivity index (χ3n) is 5.05. The predicted octanol–water partition coefficient (Wildman–Crippen LogP) is 7.34. The number of benzene rings is 1. The van der Waals surface area contributed by atoms with E-state index >= 15 is 0 Å². The van der Waals surface area contributed by atoms with Crippen LogP contribution in [0.3, 0.4) is 0 Å². The van der Waals surface area contributed by atoms with E-state index in [9.17, 15) is 4.79 Å². The predicted molar refractivity (Wildman–Crippen MR) is 118 cm³/mol. The molecule has 2 nitrogen and oxygen atoms in total. The van der Waals surface area contributed by atoms with Gasteiger partial charge in [0.2, 0.25) is 5.91 Å². The highest BCUT2D eigenvalue weighted by atomic mass is 16.1. The molecule has 1 rings (SSSR count). The van der Waals surface area contributed by atoms with Gasteiger partial charge >= 0.3 is 0 Å². The number of nitrogens with one attached hydrogen (secondary N) is 1. The van der Waals surface area contributed by atoms with Crippen molar-refractivity contribution in [2.24, 2.45) is 0 Å². The lowest BCUT2D eigenvalue weighted by Crippen LogP contribution is -2.20. The van der Waals surface area contributed by atoms with Gasteiger partial charge in [0, 0.05) is 6.54 Å². The molecule has 0 aliphatic heterocycles. The Morgan fingerprint density at radius 3 is 1.85 bits per heavy atom. The first-order valence-electron chi connectivity index (χ1n) is 11.3. The highest BCUT2D eigenvalue weighted by Crippen LogP contribution is 2.13. The highest BCUT2D eigenvalue weighted by Gasteiger charge is 1.96. The van der Waals surface area contributed by atoms with Crippen LogP contribution in [0, 0.1) is 0 Å². The topological polar surface area (TPSA) is 29.1 Å². The minimum Gasteiger partial charge on any atom is -0.348 e. The van der Waals surface area contributed by atoms with Gasteiger partial charge in [-0.1, -0.05) is 120 Å². The summed E-state index contributed by atoms with van der Waals surface area (Å²) in [5.41, 5.74) is 1.13. The Balaban J connectivity index is 1.83. The zero-order valence-corrected chi connectivity index (χ0v) is 17.6. The summed E-state index contributed by atoms with van der Waals surface area (Å²) in [6, 6.07) is 10.0. The van der Waals surface area contributed by atoms with Crippen LogP contribution in [0.4, 0.5) is 0 Å². The first-order valence-corrected chi connectivity index (χ1v) is 11.3. The van der Waals surface area contributed by atoms with Crippen LogP contribution < -0.4 is 5.32 Å². The fourth-order valence-electron chi connectivity index (χ4n) is 3.31. The van der Waals surface area contributed by atoms with Gasteiger partial charge in [-0.05, 0) is 24.5 Å². The lowest BCUT2D eigenvalue weighted by Gasteiger charge is -2.03. The van der Waals surface area contributed by atoms with E-state index in [0.29, 0.717) is 6.54 Å². The number of hydrogen-bond acceptors (Lipinski definition) is 1. The van der Waals surface area contributed by atoms with Gasteiger partial charge in [0.05, 0.1) is 0 Å². The third kappa shape index (κ3) is 15.2. The summed E-state index contributed by atoms with van der Waals surface area (Å²) in [5.74, 6) is 0.00791. The van der Waals surface area contributed by atoms with Crippen LogP contribution in [0.2, 0.25) is 0 Å². The van der Waals surface area contributed by atoms with E-state index in [1.54, 1.807) is 6.08 Å². The molecule has 1 amide bonds. The molecule has 1 aromatic rings. The average molecular weight is 372 g/mol. The molecule has 0 aromatic heterocycles. The average Bonchev–Trinajstić information content (AvgIpc) is 2.70. The zero-order chi connectivity index (χ0) is 19.4. The number of rotatable bonds is 17. The van der Waals surface area contributed by atoms with Gasteiger partial charge in [-0.15, -0.1) is 0 Å². The molecule has 0 aliphatic carbocycles. The lowest BCUT2D eigenvalue weighted by molar-refractivity contribution is -0.116. The molecule has 0 saturated heterocycles. The fraction of sp³-hybridized carbons (Fsp3) is 0.640. The molecule has 0 atom stereocenters. The van der Waals surface area contributed by atoms with Crippen molar-refractivity contribution in [1.29, 1.82) is 0 Å². The van der Waals surface area contributed by atoms with E-state index < -0.39 is 0 Å². The van der Waals surface area contributed by atoms with Crippen LogP contribution in [0.5, 0.6) is 0 Å².